The van der Waals surface area contributed by atoms with Gasteiger partial charge < -0.3 is 15.1 Å². The average molecular weight is 375 g/mol. The average Bonchev–Trinajstić information content (AvgIpc) is 2.58. The summed E-state index contributed by atoms with van der Waals surface area (Å²) in [6.45, 7) is 7.57. The Morgan fingerprint density at radius 2 is 1.81 bits per heavy atom. The van der Waals surface area contributed by atoms with E-state index < -0.39 is 0 Å². The summed E-state index contributed by atoms with van der Waals surface area (Å²) < 4.78 is 0. The molecule has 0 bridgehead atoms. The number of piperazine rings is 1. The van der Waals surface area contributed by atoms with E-state index in [-0.39, 0.29) is 6.03 Å². The van der Waals surface area contributed by atoms with Gasteiger partial charge in [0.1, 0.15) is 5.82 Å². The number of aryl methyl sites for hydroxylation is 2. The number of likely N-dealkylation sites (N-methyl/N-ethyl adjacent to an activating group) is 1. The molecule has 0 atom stereocenters. The molecule has 0 aliphatic carbocycles. The highest BCUT2D eigenvalue weighted by atomic mass is 35.5. The minimum absolute atomic E-state index is 0.294. The maximum Gasteiger partial charge on any atom is 0.326 e. The monoisotopic (exact) mass is 374 g/mol. The van der Waals surface area contributed by atoms with E-state index in [0.29, 0.717) is 16.7 Å². The number of rotatable bonds is 3. The summed E-state index contributed by atoms with van der Waals surface area (Å²) in [4.78, 5) is 25.6. The van der Waals surface area contributed by atoms with Gasteiger partial charge in [-0.25, -0.2) is 9.78 Å². The molecule has 1 aliphatic rings. The number of halogens is 1. The molecule has 138 valence electrons. The van der Waals surface area contributed by atoms with E-state index in [2.05, 4.69) is 37.4 Å². The van der Waals surface area contributed by atoms with Crippen molar-refractivity contribution in [3.05, 3.63) is 40.5 Å². The molecule has 0 unspecified atom stereocenters. The van der Waals surface area contributed by atoms with Crippen LogP contribution in [0.15, 0.2) is 24.3 Å². The Labute approximate surface area is 158 Å². The topological polar surface area (TPSA) is 73.4 Å². The predicted molar refractivity (Wildman–Crippen MR) is 105 cm³/mol. The summed E-state index contributed by atoms with van der Waals surface area (Å²) in [7, 11) is 2.11. The highest BCUT2D eigenvalue weighted by Crippen LogP contribution is 2.20. The van der Waals surface area contributed by atoms with Gasteiger partial charge in [0, 0.05) is 48.6 Å². The van der Waals surface area contributed by atoms with E-state index >= 15 is 0 Å². The first-order valence-electron chi connectivity index (χ1n) is 8.54. The van der Waals surface area contributed by atoms with Crippen LogP contribution >= 0.6 is 11.6 Å². The molecule has 0 radical (unpaired) electrons. The van der Waals surface area contributed by atoms with Crippen molar-refractivity contribution in [3.63, 3.8) is 0 Å². The van der Waals surface area contributed by atoms with Crippen LogP contribution in [0.1, 0.15) is 11.3 Å². The Balaban J connectivity index is 1.68. The molecule has 2 N–H and O–H groups in total. The summed E-state index contributed by atoms with van der Waals surface area (Å²) in [5, 5.41) is 6.15. The highest BCUT2D eigenvalue weighted by Gasteiger charge is 2.17. The van der Waals surface area contributed by atoms with Gasteiger partial charge in [-0.05, 0) is 44.7 Å². The molecule has 0 spiro atoms. The summed E-state index contributed by atoms with van der Waals surface area (Å²) in [5.41, 5.74) is 2.37. The molecule has 7 nitrogen and oxygen atoms in total. The first-order chi connectivity index (χ1) is 12.4. The van der Waals surface area contributed by atoms with E-state index in [9.17, 15) is 4.79 Å². The second-order valence-corrected chi connectivity index (χ2v) is 6.93. The maximum absolute atomic E-state index is 12.3. The molecule has 0 saturated carbocycles. The van der Waals surface area contributed by atoms with E-state index in [4.69, 9.17) is 11.6 Å². The Kier molecular flexibility index (Phi) is 5.58. The van der Waals surface area contributed by atoms with E-state index in [1.54, 1.807) is 12.1 Å². The molecule has 1 aromatic heterocycles. The Morgan fingerprint density at radius 3 is 2.50 bits per heavy atom. The molecule has 1 aromatic carbocycles. The van der Waals surface area contributed by atoms with Crippen LogP contribution in [0.3, 0.4) is 0 Å². The molecule has 1 saturated heterocycles. The molecule has 2 heterocycles. The molecule has 3 rings (SSSR count). The standard InChI is InChI=1S/C18H23ClN6O/c1-12-10-14(4-5-15(12)19)21-18(26)23-17-20-13(2)11-16(22-17)25-8-6-24(3)7-9-25/h4-5,10-11H,6-9H2,1-3H3,(H2,20,21,22,23,26). The van der Waals surface area contributed by atoms with Gasteiger partial charge in [-0.1, -0.05) is 11.6 Å². The lowest BCUT2D eigenvalue weighted by molar-refractivity contribution is 0.262. The summed E-state index contributed by atoms with van der Waals surface area (Å²) in [6.07, 6.45) is 0. The largest absolute Gasteiger partial charge is 0.354 e. The van der Waals surface area contributed by atoms with Crippen molar-refractivity contribution in [1.82, 2.24) is 14.9 Å². The summed E-state index contributed by atoms with van der Waals surface area (Å²) >= 11 is 6.01. The Bertz CT molecular complexity index is 804. The Morgan fingerprint density at radius 1 is 1.08 bits per heavy atom. The lowest BCUT2D eigenvalue weighted by Gasteiger charge is -2.33. The summed E-state index contributed by atoms with van der Waals surface area (Å²) in [6, 6.07) is 6.87. The number of amides is 2. The van der Waals surface area contributed by atoms with Gasteiger partial charge in [-0.15, -0.1) is 0 Å². The van der Waals surface area contributed by atoms with Gasteiger partial charge in [0.25, 0.3) is 0 Å². The maximum atomic E-state index is 12.3. The Hall–Kier alpha value is -2.38. The van der Waals surface area contributed by atoms with Gasteiger partial charge in [0.05, 0.1) is 0 Å². The molecule has 1 fully saturated rings. The van der Waals surface area contributed by atoms with Crippen LogP contribution in [-0.2, 0) is 0 Å². The lowest BCUT2D eigenvalue weighted by atomic mass is 10.2. The van der Waals surface area contributed by atoms with Crippen LogP contribution < -0.4 is 15.5 Å². The predicted octanol–water partition coefficient (Wildman–Crippen LogP) is 3.14. The minimum atomic E-state index is -0.387. The van der Waals surface area contributed by atoms with Crippen molar-refractivity contribution in [2.45, 2.75) is 13.8 Å². The lowest BCUT2D eigenvalue weighted by Crippen LogP contribution is -2.45. The third-order valence-electron chi connectivity index (χ3n) is 4.31. The van der Waals surface area contributed by atoms with Gasteiger partial charge in [-0.2, -0.15) is 4.98 Å². The zero-order valence-electron chi connectivity index (χ0n) is 15.2. The zero-order chi connectivity index (χ0) is 18.7. The second kappa shape index (κ2) is 7.88. The van der Waals surface area contributed by atoms with Crippen molar-refractivity contribution < 1.29 is 4.79 Å². The zero-order valence-corrected chi connectivity index (χ0v) is 16.0. The van der Waals surface area contributed by atoms with Crippen molar-refractivity contribution in [2.75, 3.05) is 48.8 Å². The van der Waals surface area contributed by atoms with Crippen molar-refractivity contribution in [2.24, 2.45) is 0 Å². The number of hydrogen-bond acceptors (Lipinski definition) is 5. The van der Waals surface area contributed by atoms with Gasteiger partial charge in [-0.3, -0.25) is 5.32 Å². The first-order valence-corrected chi connectivity index (χ1v) is 8.92. The number of nitrogens with zero attached hydrogens (tertiary/aromatic N) is 4. The van der Waals surface area contributed by atoms with Crippen LogP contribution in [0.25, 0.3) is 0 Å². The van der Waals surface area contributed by atoms with Crippen LogP contribution in [0.2, 0.25) is 5.02 Å². The van der Waals surface area contributed by atoms with Crippen LogP contribution in [0.5, 0.6) is 0 Å². The van der Waals surface area contributed by atoms with Crippen LogP contribution in [0, 0.1) is 13.8 Å². The number of carbonyl (C=O) groups is 1. The second-order valence-electron chi connectivity index (χ2n) is 6.52. The van der Waals surface area contributed by atoms with E-state index in [1.807, 2.05) is 26.0 Å². The highest BCUT2D eigenvalue weighted by molar-refractivity contribution is 6.31. The number of nitrogens with one attached hydrogen (secondary N) is 2. The fraction of sp³-hybridized carbons (Fsp3) is 0.389. The van der Waals surface area contributed by atoms with E-state index in [1.165, 1.54) is 0 Å². The minimum Gasteiger partial charge on any atom is -0.354 e. The number of urea groups is 1. The van der Waals surface area contributed by atoms with E-state index in [0.717, 1.165) is 43.3 Å². The fourth-order valence-electron chi connectivity index (χ4n) is 2.79. The molecular weight excluding hydrogens is 352 g/mol. The molecule has 26 heavy (non-hydrogen) atoms. The van der Waals surface area contributed by atoms with Crippen molar-refractivity contribution >= 4 is 35.1 Å². The van der Waals surface area contributed by atoms with Crippen LogP contribution in [-0.4, -0.2) is 54.1 Å². The number of aromatic nitrogens is 2. The SMILES string of the molecule is Cc1cc(N2CCN(C)CC2)nc(NC(=O)Nc2ccc(Cl)c(C)c2)n1. The molecular formula is C18H23ClN6O. The normalized spacial score (nSPS) is 15.0. The van der Waals surface area contributed by atoms with Gasteiger partial charge >= 0.3 is 6.03 Å². The smallest absolute Gasteiger partial charge is 0.326 e. The third kappa shape index (κ3) is 4.62. The van der Waals surface area contributed by atoms with Crippen molar-refractivity contribution in [1.29, 1.82) is 0 Å². The number of anilines is 3. The molecule has 1 aliphatic heterocycles. The van der Waals surface area contributed by atoms with Crippen molar-refractivity contribution in [3.8, 4) is 0 Å². The molecule has 8 heteroatoms. The quantitative estimate of drug-likeness (QED) is 0.863. The third-order valence-corrected chi connectivity index (χ3v) is 4.73. The first kappa shape index (κ1) is 18.4. The number of carbonyl (C=O) groups excluding carboxylic acids is 1. The van der Waals surface area contributed by atoms with Crippen LogP contribution in [0.4, 0.5) is 22.2 Å². The fourth-order valence-corrected chi connectivity index (χ4v) is 2.91. The van der Waals surface area contributed by atoms with Gasteiger partial charge in [0.2, 0.25) is 5.95 Å². The number of benzene rings is 1. The number of hydrogen-bond donors (Lipinski definition) is 2. The molecule has 2 aromatic rings. The summed E-state index contributed by atoms with van der Waals surface area (Å²) in [5.74, 6) is 1.13. The molecule has 2 amide bonds. The van der Waals surface area contributed by atoms with Gasteiger partial charge in [0.15, 0.2) is 0 Å².